The van der Waals surface area contributed by atoms with Gasteiger partial charge in [-0.3, -0.25) is 0 Å². The Labute approximate surface area is 105 Å². The molecule has 1 fully saturated rings. The lowest BCUT2D eigenvalue weighted by atomic mass is 10.0. The van der Waals surface area contributed by atoms with E-state index in [0.717, 1.165) is 40.3 Å². The van der Waals surface area contributed by atoms with Crippen molar-refractivity contribution >= 4 is 21.9 Å². The maximum absolute atomic E-state index is 10.2. The first-order valence-electron chi connectivity index (χ1n) is 6.42. The van der Waals surface area contributed by atoms with Crippen molar-refractivity contribution in [1.29, 1.82) is 0 Å². The lowest BCUT2D eigenvalue weighted by Gasteiger charge is -2.08. The highest BCUT2D eigenvalue weighted by molar-refractivity contribution is 6.04. The van der Waals surface area contributed by atoms with E-state index in [1.165, 1.54) is 0 Å². The highest BCUT2D eigenvalue weighted by atomic mass is 16.3. The highest BCUT2D eigenvalue weighted by Crippen LogP contribution is 2.42. The van der Waals surface area contributed by atoms with Gasteiger partial charge in [0, 0.05) is 10.8 Å². The van der Waals surface area contributed by atoms with Crippen LogP contribution in [0.3, 0.4) is 0 Å². The van der Waals surface area contributed by atoms with Gasteiger partial charge in [0.25, 0.3) is 0 Å². The van der Waals surface area contributed by atoms with E-state index in [1.54, 1.807) is 0 Å². The number of rotatable bonds is 2. The number of furan rings is 1. The fraction of sp³-hybridized carbons (Fsp3) is 0.250. The molecule has 0 bridgehead atoms. The van der Waals surface area contributed by atoms with Gasteiger partial charge in [-0.1, -0.05) is 30.3 Å². The molecule has 1 aromatic heterocycles. The van der Waals surface area contributed by atoms with Gasteiger partial charge in [-0.2, -0.15) is 0 Å². The molecule has 3 aromatic rings. The standard InChI is InChI=1S/C16H14O2/c17-16(10-5-6-10)11-7-8-13-12-3-1-2-4-14(12)18-15(13)9-11/h1-4,7-10,16-17H,5-6H2. The second-order valence-corrected chi connectivity index (χ2v) is 5.14. The third-order valence-electron chi connectivity index (χ3n) is 3.81. The van der Waals surface area contributed by atoms with Crippen LogP contribution in [-0.2, 0) is 0 Å². The second-order valence-electron chi connectivity index (χ2n) is 5.14. The molecular weight excluding hydrogens is 224 g/mol. The molecule has 0 amide bonds. The van der Waals surface area contributed by atoms with Crippen LogP contribution in [0.15, 0.2) is 46.9 Å². The van der Waals surface area contributed by atoms with Crippen molar-refractivity contribution in [3.05, 3.63) is 48.0 Å². The van der Waals surface area contributed by atoms with Gasteiger partial charge >= 0.3 is 0 Å². The third-order valence-corrected chi connectivity index (χ3v) is 3.81. The van der Waals surface area contributed by atoms with Crippen LogP contribution in [0.1, 0.15) is 24.5 Å². The lowest BCUT2D eigenvalue weighted by Crippen LogP contribution is -1.98. The van der Waals surface area contributed by atoms with Crippen molar-refractivity contribution in [1.82, 2.24) is 0 Å². The average Bonchev–Trinajstić information content (AvgIpc) is 3.18. The summed E-state index contributed by atoms with van der Waals surface area (Å²) in [4.78, 5) is 0. The summed E-state index contributed by atoms with van der Waals surface area (Å²) in [5.74, 6) is 0.451. The summed E-state index contributed by atoms with van der Waals surface area (Å²) in [6, 6.07) is 14.1. The van der Waals surface area contributed by atoms with Crippen LogP contribution in [0.5, 0.6) is 0 Å². The highest BCUT2D eigenvalue weighted by Gasteiger charge is 2.30. The SMILES string of the molecule is OC(c1ccc2c(c1)oc1ccccc12)C1CC1. The Bertz CT molecular complexity index is 722. The molecule has 2 nitrogen and oxygen atoms in total. The van der Waals surface area contributed by atoms with Gasteiger partial charge in [0.15, 0.2) is 0 Å². The number of aliphatic hydroxyl groups is 1. The van der Waals surface area contributed by atoms with E-state index >= 15 is 0 Å². The van der Waals surface area contributed by atoms with Crippen LogP contribution in [0.25, 0.3) is 21.9 Å². The molecule has 1 N–H and O–H groups in total. The smallest absolute Gasteiger partial charge is 0.135 e. The van der Waals surface area contributed by atoms with E-state index < -0.39 is 0 Å². The van der Waals surface area contributed by atoms with E-state index in [0.29, 0.717) is 5.92 Å². The summed E-state index contributed by atoms with van der Waals surface area (Å²) < 4.78 is 5.83. The molecule has 0 spiro atoms. The monoisotopic (exact) mass is 238 g/mol. The van der Waals surface area contributed by atoms with Crippen LogP contribution in [0.4, 0.5) is 0 Å². The van der Waals surface area contributed by atoms with E-state index in [4.69, 9.17) is 4.42 Å². The lowest BCUT2D eigenvalue weighted by molar-refractivity contribution is 0.154. The molecule has 1 unspecified atom stereocenters. The Morgan fingerprint density at radius 3 is 2.61 bits per heavy atom. The molecule has 0 radical (unpaired) electrons. The first-order chi connectivity index (χ1) is 8.83. The van der Waals surface area contributed by atoms with Crippen molar-refractivity contribution in [3.8, 4) is 0 Å². The molecule has 1 atom stereocenters. The molecule has 2 heteroatoms. The minimum atomic E-state index is -0.331. The number of hydrogen-bond acceptors (Lipinski definition) is 2. The minimum Gasteiger partial charge on any atom is -0.456 e. The summed E-state index contributed by atoms with van der Waals surface area (Å²) in [6.45, 7) is 0. The normalized spacial score (nSPS) is 17.4. The zero-order chi connectivity index (χ0) is 12.1. The maximum atomic E-state index is 10.2. The second kappa shape index (κ2) is 3.59. The van der Waals surface area contributed by atoms with Crippen molar-refractivity contribution in [2.45, 2.75) is 18.9 Å². The van der Waals surface area contributed by atoms with Gasteiger partial charge in [0.1, 0.15) is 11.2 Å². The number of benzene rings is 2. The molecule has 2 aromatic carbocycles. The molecule has 1 heterocycles. The molecule has 0 aliphatic heterocycles. The predicted molar refractivity (Wildman–Crippen MR) is 71.4 cm³/mol. The summed E-state index contributed by atoms with van der Waals surface area (Å²) in [5.41, 5.74) is 2.75. The van der Waals surface area contributed by atoms with Gasteiger partial charge < -0.3 is 9.52 Å². The molecular formula is C16H14O2. The zero-order valence-electron chi connectivity index (χ0n) is 9.97. The third kappa shape index (κ3) is 1.46. The molecule has 0 saturated heterocycles. The zero-order valence-corrected chi connectivity index (χ0v) is 9.97. The van der Waals surface area contributed by atoms with Crippen molar-refractivity contribution in [3.63, 3.8) is 0 Å². The van der Waals surface area contributed by atoms with Crippen LogP contribution >= 0.6 is 0 Å². The van der Waals surface area contributed by atoms with Gasteiger partial charge in [0.2, 0.25) is 0 Å². The first kappa shape index (κ1) is 10.2. The Balaban J connectivity index is 1.91. The summed E-state index contributed by atoms with van der Waals surface area (Å²) in [6.07, 6.45) is 1.95. The molecule has 18 heavy (non-hydrogen) atoms. The molecule has 1 saturated carbocycles. The summed E-state index contributed by atoms with van der Waals surface area (Å²) in [5, 5.41) is 12.4. The Kier molecular flexibility index (Phi) is 2.03. The first-order valence-corrected chi connectivity index (χ1v) is 6.42. The Morgan fingerprint density at radius 1 is 1.00 bits per heavy atom. The molecule has 90 valence electrons. The number of aliphatic hydroxyl groups excluding tert-OH is 1. The Morgan fingerprint density at radius 2 is 1.78 bits per heavy atom. The Hall–Kier alpha value is -1.80. The van der Waals surface area contributed by atoms with Crippen molar-refractivity contribution in [2.75, 3.05) is 0 Å². The topological polar surface area (TPSA) is 33.4 Å². The quantitative estimate of drug-likeness (QED) is 0.731. The fourth-order valence-corrected chi connectivity index (χ4v) is 2.61. The van der Waals surface area contributed by atoms with Crippen LogP contribution in [0.2, 0.25) is 0 Å². The van der Waals surface area contributed by atoms with E-state index in [2.05, 4.69) is 12.1 Å². The predicted octanol–water partition coefficient (Wildman–Crippen LogP) is 4.03. The largest absolute Gasteiger partial charge is 0.456 e. The van der Waals surface area contributed by atoms with E-state index in [-0.39, 0.29) is 6.10 Å². The van der Waals surface area contributed by atoms with Crippen LogP contribution in [-0.4, -0.2) is 5.11 Å². The van der Waals surface area contributed by atoms with Gasteiger partial charge in [-0.25, -0.2) is 0 Å². The van der Waals surface area contributed by atoms with Crippen LogP contribution in [0, 0.1) is 5.92 Å². The molecule has 4 rings (SSSR count). The number of para-hydroxylation sites is 1. The van der Waals surface area contributed by atoms with Gasteiger partial charge in [0.05, 0.1) is 6.10 Å². The average molecular weight is 238 g/mol. The van der Waals surface area contributed by atoms with Gasteiger partial charge in [-0.15, -0.1) is 0 Å². The van der Waals surface area contributed by atoms with E-state index in [1.807, 2.05) is 30.3 Å². The minimum absolute atomic E-state index is 0.331. The number of fused-ring (bicyclic) bond motifs is 3. The van der Waals surface area contributed by atoms with Crippen molar-refractivity contribution < 1.29 is 9.52 Å². The van der Waals surface area contributed by atoms with Gasteiger partial charge in [-0.05, 0) is 36.5 Å². The summed E-state index contributed by atoms with van der Waals surface area (Å²) >= 11 is 0. The fourth-order valence-electron chi connectivity index (χ4n) is 2.61. The van der Waals surface area contributed by atoms with Crippen LogP contribution < -0.4 is 0 Å². The summed E-state index contributed by atoms with van der Waals surface area (Å²) in [7, 11) is 0. The van der Waals surface area contributed by atoms with Crippen molar-refractivity contribution in [2.24, 2.45) is 5.92 Å². The van der Waals surface area contributed by atoms with E-state index in [9.17, 15) is 5.11 Å². The maximum Gasteiger partial charge on any atom is 0.135 e. The molecule has 1 aliphatic carbocycles. The number of hydrogen-bond donors (Lipinski definition) is 1. The molecule has 1 aliphatic rings.